The predicted molar refractivity (Wildman–Crippen MR) is 117 cm³/mol. The Bertz CT molecular complexity index is 957. The molecule has 2 fully saturated rings. The highest BCUT2D eigenvalue weighted by Crippen LogP contribution is 2.46. The molecule has 2 amide bonds. The number of carbonyl (C=O) groups excluding carboxylic acids is 2. The topological polar surface area (TPSA) is 58.6 Å². The third kappa shape index (κ3) is 3.85. The molecule has 1 aromatic carbocycles. The number of thiophene rings is 1. The van der Waals surface area contributed by atoms with Gasteiger partial charge in [-0.05, 0) is 54.8 Å². The van der Waals surface area contributed by atoms with Crippen LogP contribution in [0.3, 0.4) is 0 Å². The van der Waals surface area contributed by atoms with Gasteiger partial charge in [-0.3, -0.25) is 9.59 Å². The number of aryl methyl sites for hydroxylation is 1. The fourth-order valence-electron chi connectivity index (χ4n) is 4.82. The second-order valence-electron chi connectivity index (χ2n) is 8.99. The molecule has 6 heteroatoms. The molecule has 1 aromatic heterocycles. The van der Waals surface area contributed by atoms with Gasteiger partial charge in [0.25, 0.3) is 5.91 Å². The average molecular weight is 425 g/mol. The molecule has 5 nitrogen and oxygen atoms in total. The summed E-state index contributed by atoms with van der Waals surface area (Å²) in [4.78, 5) is 28.3. The zero-order valence-electron chi connectivity index (χ0n) is 17.4. The number of hydrogen-bond donors (Lipinski definition) is 1. The van der Waals surface area contributed by atoms with Crippen LogP contribution in [0.1, 0.15) is 65.2 Å². The van der Waals surface area contributed by atoms with Gasteiger partial charge in [0.1, 0.15) is 11.4 Å². The minimum absolute atomic E-state index is 0.133. The van der Waals surface area contributed by atoms with E-state index in [0.717, 1.165) is 53.9 Å². The normalized spacial score (nSPS) is 22.3. The van der Waals surface area contributed by atoms with E-state index < -0.39 is 0 Å². The molecular formula is C24H28N2O3S. The standard InChI is InChI=1S/C24H28N2O3S/c1-16-8-13-30-22(16)23(28)26-11-9-24(10-12-26)15-17(14-21(27)25-18-6-7-18)19-4-2-3-5-20(19)29-24/h2-5,8,13,17-18H,6-7,9-12,14-15H2,1H3,(H,25,27). The number of piperidine rings is 1. The van der Waals surface area contributed by atoms with Gasteiger partial charge in [0.2, 0.25) is 5.91 Å². The van der Waals surface area contributed by atoms with Crippen molar-refractivity contribution in [2.24, 2.45) is 0 Å². The third-order valence-corrected chi connectivity index (χ3v) is 7.70. The Balaban J connectivity index is 1.30. The van der Waals surface area contributed by atoms with Crippen molar-refractivity contribution in [2.75, 3.05) is 13.1 Å². The van der Waals surface area contributed by atoms with Crippen LogP contribution in [0, 0.1) is 6.92 Å². The van der Waals surface area contributed by atoms with Gasteiger partial charge in [0.05, 0.1) is 4.88 Å². The van der Waals surface area contributed by atoms with Crippen molar-refractivity contribution in [3.05, 3.63) is 51.7 Å². The first kappa shape index (κ1) is 19.6. The lowest BCUT2D eigenvalue weighted by molar-refractivity contribution is -0.122. The molecule has 3 heterocycles. The summed E-state index contributed by atoms with van der Waals surface area (Å²) in [5, 5.41) is 5.11. The molecule has 30 heavy (non-hydrogen) atoms. The Hall–Kier alpha value is -2.34. The Morgan fingerprint density at radius 2 is 1.97 bits per heavy atom. The third-order valence-electron chi connectivity index (χ3n) is 6.70. The molecule has 0 bridgehead atoms. The van der Waals surface area contributed by atoms with Crippen molar-refractivity contribution >= 4 is 23.2 Å². The Morgan fingerprint density at radius 1 is 1.20 bits per heavy atom. The Labute approximate surface area is 181 Å². The second-order valence-corrected chi connectivity index (χ2v) is 9.91. The van der Waals surface area contributed by atoms with E-state index in [9.17, 15) is 9.59 Å². The van der Waals surface area contributed by atoms with E-state index in [1.54, 1.807) is 0 Å². The van der Waals surface area contributed by atoms with Gasteiger partial charge in [0, 0.05) is 44.3 Å². The van der Waals surface area contributed by atoms with E-state index in [0.29, 0.717) is 25.6 Å². The average Bonchev–Trinajstić information content (AvgIpc) is 3.44. The van der Waals surface area contributed by atoms with Crippen molar-refractivity contribution in [3.63, 3.8) is 0 Å². The number of likely N-dealkylation sites (tertiary alicyclic amines) is 1. The molecule has 1 N–H and O–H groups in total. The Morgan fingerprint density at radius 3 is 2.67 bits per heavy atom. The van der Waals surface area contributed by atoms with Crippen molar-refractivity contribution in [3.8, 4) is 5.75 Å². The lowest BCUT2D eigenvalue weighted by Crippen LogP contribution is -2.52. The van der Waals surface area contributed by atoms with Crippen LogP contribution in [0.2, 0.25) is 0 Å². The van der Waals surface area contributed by atoms with Crippen LogP contribution in [0.15, 0.2) is 35.7 Å². The second kappa shape index (κ2) is 7.73. The van der Waals surface area contributed by atoms with Gasteiger partial charge in [-0.2, -0.15) is 0 Å². The molecule has 1 aliphatic carbocycles. The summed E-state index contributed by atoms with van der Waals surface area (Å²) < 4.78 is 6.54. The van der Waals surface area contributed by atoms with Crippen LogP contribution in [0.25, 0.3) is 0 Å². The molecule has 1 saturated carbocycles. The highest BCUT2D eigenvalue weighted by atomic mass is 32.1. The van der Waals surface area contributed by atoms with Crippen LogP contribution in [0.4, 0.5) is 0 Å². The lowest BCUT2D eigenvalue weighted by Gasteiger charge is -2.47. The van der Waals surface area contributed by atoms with Crippen LogP contribution >= 0.6 is 11.3 Å². The van der Waals surface area contributed by atoms with Gasteiger partial charge in [-0.25, -0.2) is 0 Å². The summed E-state index contributed by atoms with van der Waals surface area (Å²) in [6, 6.07) is 10.5. The van der Waals surface area contributed by atoms with Gasteiger partial charge < -0.3 is 15.0 Å². The molecule has 5 rings (SSSR count). The minimum atomic E-state index is -0.292. The maximum absolute atomic E-state index is 12.9. The van der Waals surface area contributed by atoms with Gasteiger partial charge >= 0.3 is 0 Å². The molecule has 2 aromatic rings. The number of carbonyl (C=O) groups is 2. The number of hydrogen-bond acceptors (Lipinski definition) is 4. The lowest BCUT2D eigenvalue weighted by atomic mass is 9.76. The largest absolute Gasteiger partial charge is 0.487 e. The first-order valence-corrected chi connectivity index (χ1v) is 11.8. The maximum Gasteiger partial charge on any atom is 0.264 e. The summed E-state index contributed by atoms with van der Waals surface area (Å²) in [6.45, 7) is 3.38. The number of rotatable bonds is 4. The van der Waals surface area contributed by atoms with Gasteiger partial charge in [-0.15, -0.1) is 11.3 Å². The van der Waals surface area contributed by atoms with Crippen LogP contribution in [0.5, 0.6) is 5.75 Å². The monoisotopic (exact) mass is 424 g/mol. The zero-order chi connectivity index (χ0) is 20.7. The molecule has 3 aliphatic rings. The number of nitrogens with one attached hydrogen (secondary N) is 1. The van der Waals surface area contributed by atoms with Crippen molar-refractivity contribution in [1.29, 1.82) is 0 Å². The van der Waals surface area contributed by atoms with E-state index in [1.165, 1.54) is 11.3 Å². The number of amides is 2. The summed E-state index contributed by atoms with van der Waals surface area (Å²) >= 11 is 1.52. The minimum Gasteiger partial charge on any atom is -0.487 e. The highest BCUT2D eigenvalue weighted by Gasteiger charge is 2.44. The first-order valence-electron chi connectivity index (χ1n) is 10.9. The smallest absolute Gasteiger partial charge is 0.264 e. The van der Waals surface area contributed by atoms with E-state index >= 15 is 0 Å². The van der Waals surface area contributed by atoms with Crippen molar-refractivity contribution < 1.29 is 14.3 Å². The molecule has 1 unspecified atom stereocenters. The Kier molecular flexibility index (Phi) is 5.05. The number of para-hydroxylation sites is 1. The first-order chi connectivity index (χ1) is 14.5. The zero-order valence-corrected chi connectivity index (χ0v) is 18.2. The van der Waals surface area contributed by atoms with Crippen molar-refractivity contribution in [1.82, 2.24) is 10.2 Å². The fraction of sp³-hybridized carbons (Fsp3) is 0.500. The number of benzene rings is 1. The number of nitrogens with zero attached hydrogens (tertiary/aromatic N) is 1. The van der Waals surface area contributed by atoms with E-state index in [2.05, 4.69) is 11.4 Å². The highest BCUT2D eigenvalue weighted by molar-refractivity contribution is 7.12. The molecule has 1 atom stereocenters. The van der Waals surface area contributed by atoms with Gasteiger partial charge in [0.15, 0.2) is 0 Å². The van der Waals surface area contributed by atoms with E-state index in [4.69, 9.17) is 4.74 Å². The summed E-state index contributed by atoms with van der Waals surface area (Å²) in [6.07, 6.45) is 5.16. The molecular weight excluding hydrogens is 396 g/mol. The van der Waals surface area contributed by atoms with Crippen LogP contribution in [-0.4, -0.2) is 41.4 Å². The fourth-order valence-corrected chi connectivity index (χ4v) is 5.72. The molecule has 0 radical (unpaired) electrons. The van der Waals surface area contributed by atoms with E-state index in [1.807, 2.05) is 41.5 Å². The summed E-state index contributed by atoms with van der Waals surface area (Å²) in [5.74, 6) is 1.35. The maximum atomic E-state index is 12.9. The predicted octanol–water partition coefficient (Wildman–Crippen LogP) is 4.27. The summed E-state index contributed by atoms with van der Waals surface area (Å²) in [5.41, 5.74) is 1.90. The SMILES string of the molecule is Cc1ccsc1C(=O)N1CCC2(CC1)CC(CC(=O)NC1CC1)c1ccccc1O2. The van der Waals surface area contributed by atoms with Crippen LogP contribution in [-0.2, 0) is 4.79 Å². The molecule has 1 saturated heterocycles. The summed E-state index contributed by atoms with van der Waals surface area (Å²) in [7, 11) is 0. The van der Waals surface area contributed by atoms with Crippen LogP contribution < -0.4 is 10.1 Å². The number of fused-ring (bicyclic) bond motifs is 1. The molecule has 158 valence electrons. The molecule has 2 aliphatic heterocycles. The molecule has 1 spiro atoms. The van der Waals surface area contributed by atoms with Gasteiger partial charge in [-0.1, -0.05) is 18.2 Å². The number of ether oxygens (including phenoxy) is 1. The van der Waals surface area contributed by atoms with E-state index in [-0.39, 0.29) is 23.3 Å². The quantitative estimate of drug-likeness (QED) is 0.798. The van der Waals surface area contributed by atoms with Crippen molar-refractivity contribution in [2.45, 2.75) is 63.0 Å².